The van der Waals surface area contributed by atoms with E-state index in [0.29, 0.717) is 36.0 Å². The number of nitrogens with one attached hydrogen (secondary N) is 1. The summed E-state index contributed by atoms with van der Waals surface area (Å²) in [7, 11) is 0. The maximum atomic E-state index is 13.4. The summed E-state index contributed by atoms with van der Waals surface area (Å²) in [4.78, 5) is 29.7. The Kier molecular flexibility index (Phi) is 11.4. The molecule has 0 spiro atoms. The molecule has 0 saturated carbocycles. The maximum Gasteiger partial charge on any atom is 0.326 e. The van der Waals surface area contributed by atoms with Gasteiger partial charge in [-0.2, -0.15) is 11.8 Å². The molecule has 0 aliphatic rings. The number of oxazole rings is 1. The van der Waals surface area contributed by atoms with Crippen LogP contribution in [0, 0.1) is 6.92 Å². The highest BCUT2D eigenvalue weighted by Gasteiger charge is 2.23. The van der Waals surface area contributed by atoms with Crippen molar-refractivity contribution in [1.82, 2.24) is 10.3 Å². The van der Waals surface area contributed by atoms with E-state index in [1.165, 1.54) is 0 Å². The van der Waals surface area contributed by atoms with Gasteiger partial charge < -0.3 is 19.6 Å². The fourth-order valence-corrected chi connectivity index (χ4v) is 5.22. The van der Waals surface area contributed by atoms with Crippen molar-refractivity contribution in [2.24, 2.45) is 0 Å². The van der Waals surface area contributed by atoms with Crippen LogP contribution in [0.2, 0.25) is 0 Å². The summed E-state index contributed by atoms with van der Waals surface area (Å²) in [5.41, 5.74) is 4.88. The number of carboxylic acids is 1. The zero-order chi connectivity index (χ0) is 29.9. The Labute approximate surface area is 251 Å². The highest BCUT2D eigenvalue weighted by molar-refractivity contribution is 7.98. The maximum absolute atomic E-state index is 13.4. The first-order valence-electron chi connectivity index (χ1n) is 14.3. The van der Waals surface area contributed by atoms with Crippen molar-refractivity contribution in [1.29, 1.82) is 0 Å². The van der Waals surface area contributed by atoms with E-state index < -0.39 is 17.9 Å². The second-order valence-electron chi connectivity index (χ2n) is 10.2. The normalized spacial score (nSPS) is 12.5. The van der Waals surface area contributed by atoms with E-state index in [2.05, 4.69) is 17.2 Å². The van der Waals surface area contributed by atoms with Crippen LogP contribution in [0.1, 0.15) is 66.0 Å². The van der Waals surface area contributed by atoms with Crippen LogP contribution in [0.15, 0.2) is 83.4 Å². The number of rotatable bonds is 15. The van der Waals surface area contributed by atoms with Crippen LogP contribution in [0.4, 0.5) is 0 Å². The number of carboxylic acid groups (broad SMARTS) is 1. The standard InChI is InChI=1S/C34H38N2O5S/c1-4-5-15-30(31-21-35-33(41-31)25-12-7-6-8-13-25)40-22-24-16-17-27(28(20-24)26-14-10-9-11-23(26)2)32(37)36-29(34(38)39)18-19-42-3/h6-14,16-17,20-21,29-30H,4-5,15,18-19,22H2,1-3H3,(H,36,37)(H,38,39)/t29-,30-/m0/s1. The molecule has 42 heavy (non-hydrogen) atoms. The average Bonchev–Trinajstić information content (AvgIpc) is 3.50. The van der Waals surface area contributed by atoms with Gasteiger partial charge in [0.2, 0.25) is 5.89 Å². The number of thioether (sulfide) groups is 1. The summed E-state index contributed by atoms with van der Waals surface area (Å²) >= 11 is 1.55. The van der Waals surface area contributed by atoms with E-state index in [9.17, 15) is 14.7 Å². The number of hydrogen-bond donors (Lipinski definition) is 2. The highest BCUT2D eigenvalue weighted by Crippen LogP contribution is 2.32. The molecule has 4 rings (SSSR count). The van der Waals surface area contributed by atoms with Gasteiger partial charge in [0.25, 0.3) is 5.91 Å². The van der Waals surface area contributed by atoms with E-state index >= 15 is 0 Å². The van der Waals surface area contributed by atoms with E-state index in [-0.39, 0.29) is 6.10 Å². The topological polar surface area (TPSA) is 102 Å². The SMILES string of the molecule is CCCC[C@H](OCc1ccc(C(=O)N[C@@H](CCSC)C(=O)O)c(-c2ccccc2C)c1)c1cnc(-c2ccccc2)o1. The van der Waals surface area contributed by atoms with E-state index in [0.717, 1.165) is 47.1 Å². The summed E-state index contributed by atoms with van der Waals surface area (Å²) in [6.45, 7) is 4.44. The van der Waals surface area contributed by atoms with Crippen LogP contribution in [0.3, 0.4) is 0 Å². The molecule has 0 radical (unpaired) electrons. The van der Waals surface area contributed by atoms with Gasteiger partial charge in [-0.05, 0) is 78.3 Å². The van der Waals surface area contributed by atoms with Crippen LogP contribution in [0.5, 0.6) is 0 Å². The molecule has 8 heteroatoms. The number of aryl methyl sites for hydroxylation is 1. The zero-order valence-corrected chi connectivity index (χ0v) is 25.2. The molecule has 0 bridgehead atoms. The monoisotopic (exact) mass is 586 g/mol. The minimum absolute atomic E-state index is 0.271. The van der Waals surface area contributed by atoms with Crippen LogP contribution in [-0.4, -0.2) is 40.0 Å². The lowest BCUT2D eigenvalue weighted by Crippen LogP contribution is -2.41. The largest absolute Gasteiger partial charge is 0.480 e. The summed E-state index contributed by atoms with van der Waals surface area (Å²) in [5.74, 6) is 0.425. The number of hydrogen-bond acceptors (Lipinski definition) is 6. The predicted octanol–water partition coefficient (Wildman–Crippen LogP) is 7.70. The molecule has 0 saturated heterocycles. The molecule has 0 unspecified atom stereocenters. The van der Waals surface area contributed by atoms with Crippen molar-refractivity contribution in [3.8, 4) is 22.6 Å². The van der Waals surface area contributed by atoms with Gasteiger partial charge in [0, 0.05) is 11.1 Å². The predicted molar refractivity (Wildman–Crippen MR) is 167 cm³/mol. The van der Waals surface area contributed by atoms with Gasteiger partial charge in [-0.1, -0.05) is 68.3 Å². The average molecular weight is 587 g/mol. The Morgan fingerprint density at radius 1 is 1.02 bits per heavy atom. The number of aromatic nitrogens is 1. The van der Waals surface area contributed by atoms with Crippen molar-refractivity contribution < 1.29 is 23.8 Å². The minimum atomic E-state index is -1.04. The molecule has 0 aliphatic carbocycles. The van der Waals surface area contributed by atoms with Crippen LogP contribution in [-0.2, 0) is 16.1 Å². The third-order valence-corrected chi connectivity index (χ3v) is 7.75. The molecule has 4 aromatic rings. The Hall–Kier alpha value is -3.88. The number of amides is 1. The molecule has 0 aliphatic heterocycles. The van der Waals surface area contributed by atoms with Gasteiger partial charge in [-0.15, -0.1) is 0 Å². The summed E-state index contributed by atoms with van der Waals surface area (Å²) in [5, 5.41) is 12.4. The van der Waals surface area contributed by atoms with Crippen molar-refractivity contribution in [3.63, 3.8) is 0 Å². The molecule has 1 aromatic heterocycles. The van der Waals surface area contributed by atoms with Crippen LogP contribution in [0.25, 0.3) is 22.6 Å². The lowest BCUT2D eigenvalue weighted by atomic mass is 9.93. The van der Waals surface area contributed by atoms with Gasteiger partial charge in [0.15, 0.2) is 5.76 Å². The Bertz CT molecular complexity index is 1470. The molecule has 220 valence electrons. The third-order valence-electron chi connectivity index (χ3n) is 7.11. The molecular formula is C34H38N2O5S. The number of benzene rings is 3. The molecule has 2 atom stereocenters. The molecule has 0 fully saturated rings. The van der Waals surface area contributed by atoms with Crippen molar-refractivity contribution >= 4 is 23.6 Å². The first-order chi connectivity index (χ1) is 20.4. The Morgan fingerprint density at radius 3 is 2.50 bits per heavy atom. The first kappa shape index (κ1) is 31.1. The second kappa shape index (κ2) is 15.4. The summed E-state index contributed by atoms with van der Waals surface area (Å²) in [6, 6.07) is 22.2. The molecular weight excluding hydrogens is 548 g/mol. The third kappa shape index (κ3) is 8.11. The van der Waals surface area contributed by atoms with Gasteiger partial charge in [0.1, 0.15) is 12.1 Å². The lowest BCUT2D eigenvalue weighted by Gasteiger charge is -2.19. The lowest BCUT2D eigenvalue weighted by molar-refractivity contribution is -0.139. The number of aliphatic carboxylic acids is 1. The number of carbonyl (C=O) groups excluding carboxylic acids is 1. The zero-order valence-electron chi connectivity index (χ0n) is 24.3. The molecule has 3 aromatic carbocycles. The van der Waals surface area contributed by atoms with Crippen LogP contribution >= 0.6 is 11.8 Å². The highest BCUT2D eigenvalue weighted by atomic mass is 32.2. The minimum Gasteiger partial charge on any atom is -0.480 e. The van der Waals surface area contributed by atoms with Gasteiger partial charge in [0.05, 0.1) is 12.8 Å². The fourth-order valence-electron chi connectivity index (χ4n) is 4.75. The Balaban J connectivity index is 1.59. The van der Waals surface area contributed by atoms with Gasteiger partial charge >= 0.3 is 5.97 Å². The van der Waals surface area contributed by atoms with E-state index in [1.54, 1.807) is 24.0 Å². The van der Waals surface area contributed by atoms with E-state index in [4.69, 9.17) is 9.15 Å². The quantitative estimate of drug-likeness (QED) is 0.147. The first-order valence-corrected chi connectivity index (χ1v) is 15.6. The Morgan fingerprint density at radius 2 is 1.79 bits per heavy atom. The molecule has 7 nitrogen and oxygen atoms in total. The van der Waals surface area contributed by atoms with Crippen LogP contribution < -0.4 is 5.32 Å². The number of nitrogens with zero attached hydrogens (tertiary/aromatic N) is 1. The summed E-state index contributed by atoms with van der Waals surface area (Å²) < 4.78 is 12.5. The smallest absolute Gasteiger partial charge is 0.326 e. The number of unbranched alkanes of at least 4 members (excludes halogenated alkanes) is 1. The second-order valence-corrected chi connectivity index (χ2v) is 11.2. The fraction of sp³-hybridized carbons (Fsp3) is 0.324. The van der Waals surface area contributed by atoms with Crippen molar-refractivity contribution in [2.45, 2.75) is 58.3 Å². The van der Waals surface area contributed by atoms with Crippen molar-refractivity contribution in [2.75, 3.05) is 12.0 Å². The summed E-state index contributed by atoms with van der Waals surface area (Å²) in [6.07, 6.45) is 6.52. The van der Waals surface area contributed by atoms with Gasteiger partial charge in [-0.3, -0.25) is 4.79 Å². The number of carbonyl (C=O) groups is 2. The molecule has 1 amide bonds. The van der Waals surface area contributed by atoms with E-state index in [1.807, 2.05) is 79.9 Å². The molecule has 1 heterocycles. The van der Waals surface area contributed by atoms with Crippen molar-refractivity contribution in [3.05, 3.63) is 101 Å². The number of ether oxygens (including phenoxy) is 1. The van der Waals surface area contributed by atoms with Gasteiger partial charge in [-0.25, -0.2) is 9.78 Å². The molecule has 2 N–H and O–H groups in total.